The van der Waals surface area contributed by atoms with Crippen LogP contribution in [-0.2, 0) is 19.5 Å². The molecule has 0 fully saturated rings. The molecule has 53 heavy (non-hydrogen) atoms. The van der Waals surface area contributed by atoms with Crippen molar-refractivity contribution >= 4 is 46.4 Å². The van der Waals surface area contributed by atoms with E-state index < -0.39 is 0 Å². The van der Waals surface area contributed by atoms with E-state index in [9.17, 15) is 20.4 Å². The molecule has 2 aliphatic heterocycles. The van der Waals surface area contributed by atoms with Crippen LogP contribution in [-0.4, -0.2) is 30.4 Å². The summed E-state index contributed by atoms with van der Waals surface area (Å²) in [4.78, 5) is 20.8. The molecule has 5 heterocycles. The molecule has 7 aromatic rings. The van der Waals surface area contributed by atoms with Gasteiger partial charge in [0.25, 0.3) is 0 Å². The SMILES string of the molecule is Oc1ccc(-c2c3nc(c(-c4ccc(O)cc4)c4ccc([n-]4)c(-c4ccc(O)cc4)c4nc(c(-c5ccc(O)cc5)c5ccc2[n-]5)C=C4)C=C3)cc1.[Zn+2]. The fourth-order valence-corrected chi connectivity index (χ4v) is 6.78. The first kappa shape index (κ1) is 33.4. The summed E-state index contributed by atoms with van der Waals surface area (Å²) in [7, 11) is 0. The van der Waals surface area contributed by atoms with Crippen LogP contribution in [0.1, 0.15) is 22.8 Å². The maximum Gasteiger partial charge on any atom is 2.00 e. The minimum absolute atomic E-state index is 0. The van der Waals surface area contributed by atoms with Crippen molar-refractivity contribution in [1.29, 1.82) is 0 Å². The first-order chi connectivity index (χ1) is 25.4. The smallest absolute Gasteiger partial charge is 0.657 e. The Morgan fingerprint density at radius 2 is 0.509 bits per heavy atom. The van der Waals surface area contributed by atoms with Gasteiger partial charge in [-0.2, -0.15) is 0 Å². The Bertz CT molecular complexity index is 2370. The number of phenols is 4. The van der Waals surface area contributed by atoms with Crippen molar-refractivity contribution in [3.63, 3.8) is 0 Å². The van der Waals surface area contributed by atoms with E-state index >= 15 is 0 Å². The van der Waals surface area contributed by atoms with Crippen LogP contribution in [0.2, 0.25) is 0 Å². The number of nitrogens with zero attached hydrogens (tertiary/aromatic N) is 4. The number of rotatable bonds is 4. The summed E-state index contributed by atoms with van der Waals surface area (Å²) >= 11 is 0. The molecule has 0 saturated carbocycles. The Morgan fingerprint density at radius 3 is 0.717 bits per heavy atom. The van der Waals surface area contributed by atoms with Gasteiger partial charge in [-0.15, -0.1) is 22.1 Å². The summed E-state index contributed by atoms with van der Waals surface area (Å²) in [6.07, 6.45) is 7.82. The third kappa shape index (κ3) is 6.17. The van der Waals surface area contributed by atoms with E-state index in [0.29, 0.717) is 44.8 Å². The molecule has 2 aliphatic rings. The summed E-state index contributed by atoms with van der Waals surface area (Å²) in [5, 5.41) is 40.6. The zero-order valence-corrected chi connectivity index (χ0v) is 31.1. The van der Waals surface area contributed by atoms with E-state index in [-0.39, 0.29) is 42.5 Å². The Hall–Kier alpha value is -6.70. The van der Waals surface area contributed by atoms with Gasteiger partial charge in [0.05, 0.1) is 22.8 Å². The van der Waals surface area contributed by atoms with Gasteiger partial charge in [-0.3, -0.25) is 0 Å². The average Bonchev–Trinajstić information content (AvgIpc) is 3.99. The molecule has 0 atom stereocenters. The number of hydrogen-bond donors (Lipinski definition) is 4. The van der Waals surface area contributed by atoms with Crippen molar-refractivity contribution in [1.82, 2.24) is 19.9 Å². The Morgan fingerprint density at radius 1 is 0.302 bits per heavy atom. The van der Waals surface area contributed by atoms with E-state index in [1.165, 1.54) is 0 Å². The van der Waals surface area contributed by atoms with E-state index in [1.807, 2.05) is 97.1 Å². The quantitative estimate of drug-likeness (QED) is 0.131. The third-order valence-electron chi connectivity index (χ3n) is 9.23. The molecule has 8 bridgehead atoms. The van der Waals surface area contributed by atoms with Crippen LogP contribution in [0.15, 0.2) is 121 Å². The molecule has 0 saturated heterocycles. The Balaban J connectivity index is 0.00000400. The van der Waals surface area contributed by atoms with Crippen molar-refractivity contribution in [2.24, 2.45) is 0 Å². The number of aromatic nitrogens is 4. The van der Waals surface area contributed by atoms with Gasteiger partial charge in [0.1, 0.15) is 23.0 Å². The van der Waals surface area contributed by atoms with Gasteiger partial charge in [-0.05, 0) is 117 Å². The Kier molecular flexibility index (Phi) is 8.49. The molecule has 0 radical (unpaired) electrons. The van der Waals surface area contributed by atoms with Crippen LogP contribution in [0.25, 0.3) is 90.9 Å². The Labute approximate surface area is 316 Å². The van der Waals surface area contributed by atoms with Crippen LogP contribution in [0.5, 0.6) is 23.0 Å². The summed E-state index contributed by atoms with van der Waals surface area (Å²) in [5.41, 5.74) is 11.8. The largest absolute Gasteiger partial charge is 2.00 e. The van der Waals surface area contributed by atoms with Gasteiger partial charge in [-0.1, -0.05) is 72.8 Å². The van der Waals surface area contributed by atoms with Crippen LogP contribution in [0, 0.1) is 0 Å². The summed E-state index contributed by atoms with van der Waals surface area (Å²) in [6.45, 7) is 0. The molecule has 4 N–H and O–H groups in total. The second-order valence-corrected chi connectivity index (χ2v) is 12.5. The van der Waals surface area contributed by atoms with Crippen LogP contribution < -0.4 is 9.97 Å². The van der Waals surface area contributed by atoms with Crippen molar-refractivity contribution in [3.8, 4) is 67.5 Å². The van der Waals surface area contributed by atoms with E-state index in [2.05, 4.69) is 0 Å². The van der Waals surface area contributed by atoms with E-state index in [0.717, 1.165) is 44.5 Å². The maximum atomic E-state index is 10.2. The van der Waals surface area contributed by atoms with Crippen LogP contribution in [0.4, 0.5) is 0 Å². The number of fused-ring (bicyclic) bond motifs is 8. The van der Waals surface area contributed by atoms with Gasteiger partial charge in [0.2, 0.25) is 0 Å². The summed E-state index contributed by atoms with van der Waals surface area (Å²) in [6, 6.07) is 35.7. The molecule has 0 unspecified atom stereocenters. The zero-order chi connectivity index (χ0) is 35.3. The number of phenolic OH excluding ortho intramolecular Hbond substituents is 4. The molecule has 250 valence electrons. The van der Waals surface area contributed by atoms with Gasteiger partial charge in [0.15, 0.2) is 0 Å². The number of hydrogen-bond acceptors (Lipinski definition) is 6. The normalized spacial score (nSPS) is 11.8. The van der Waals surface area contributed by atoms with Crippen molar-refractivity contribution in [2.45, 2.75) is 0 Å². The first-order valence-corrected chi connectivity index (χ1v) is 16.6. The van der Waals surface area contributed by atoms with Gasteiger partial charge >= 0.3 is 19.5 Å². The minimum Gasteiger partial charge on any atom is -0.657 e. The standard InChI is InChI=1S/C44H28N4O4.Zn/c49-29-9-1-25(2-10-29)41-33-17-19-35(45-33)42(26-3-11-30(50)12-4-26)37-21-23-39(47-37)44(28-7-15-32(52)16-8-28)40-24-22-38(48-40)43(36-20-18-34(41)46-36)27-5-13-31(51)14-6-27;/h1-24H,(H4-2,45,46,47,48,49,50,51,52);/q-2;+2. The van der Waals surface area contributed by atoms with Gasteiger partial charge in [-0.25, -0.2) is 9.97 Å². The predicted octanol–water partition coefficient (Wildman–Crippen LogP) is 9.40. The topological polar surface area (TPSA) is 135 Å². The molecular formula is C44H28N4O4Zn. The molecule has 0 amide bonds. The maximum absolute atomic E-state index is 10.2. The molecule has 8 nitrogen and oxygen atoms in total. The molecule has 4 aromatic carbocycles. The summed E-state index contributed by atoms with van der Waals surface area (Å²) in [5.74, 6) is 0.594. The summed E-state index contributed by atoms with van der Waals surface area (Å²) < 4.78 is 0. The first-order valence-electron chi connectivity index (χ1n) is 16.6. The molecular weight excluding hydrogens is 714 g/mol. The number of benzene rings is 4. The minimum atomic E-state index is 0. The predicted molar refractivity (Wildman–Crippen MR) is 205 cm³/mol. The second kappa shape index (κ2) is 13.5. The monoisotopic (exact) mass is 740 g/mol. The van der Waals surface area contributed by atoms with Crippen molar-refractivity contribution in [2.75, 3.05) is 0 Å². The third-order valence-corrected chi connectivity index (χ3v) is 9.23. The molecule has 9 rings (SSSR count). The average molecular weight is 742 g/mol. The van der Waals surface area contributed by atoms with Gasteiger partial charge < -0.3 is 30.4 Å². The van der Waals surface area contributed by atoms with Crippen molar-refractivity contribution < 1.29 is 39.9 Å². The number of aromatic hydroxyl groups is 4. The van der Waals surface area contributed by atoms with E-state index in [4.69, 9.17) is 19.9 Å². The fourth-order valence-electron chi connectivity index (χ4n) is 6.78. The zero-order valence-electron chi connectivity index (χ0n) is 28.1. The van der Waals surface area contributed by atoms with Crippen LogP contribution >= 0.6 is 0 Å². The van der Waals surface area contributed by atoms with E-state index in [1.54, 1.807) is 48.5 Å². The molecule has 0 spiro atoms. The second-order valence-electron chi connectivity index (χ2n) is 12.5. The van der Waals surface area contributed by atoms with Crippen LogP contribution in [0.3, 0.4) is 0 Å². The molecule has 3 aromatic heterocycles. The molecule has 9 heteroatoms. The molecule has 0 aliphatic carbocycles. The van der Waals surface area contributed by atoms with Gasteiger partial charge in [0, 0.05) is 0 Å². The van der Waals surface area contributed by atoms with Crippen molar-refractivity contribution in [3.05, 3.63) is 144 Å². The fraction of sp³-hybridized carbons (Fsp3) is 0.